The second-order valence-corrected chi connectivity index (χ2v) is 4.27. The number of rotatable bonds is 1. The van der Waals surface area contributed by atoms with Crippen molar-refractivity contribution < 1.29 is 0 Å². The van der Waals surface area contributed by atoms with Gasteiger partial charge in [-0.15, -0.1) is 11.8 Å². The first-order chi connectivity index (χ1) is 6.22. The van der Waals surface area contributed by atoms with E-state index in [1.807, 2.05) is 30.0 Å². The van der Waals surface area contributed by atoms with Gasteiger partial charge in [-0.1, -0.05) is 0 Å². The minimum Gasteiger partial charge on any atom is -0.299 e. The maximum absolute atomic E-state index is 4.33. The molecule has 2 heterocycles. The van der Waals surface area contributed by atoms with Crippen molar-refractivity contribution in [3.8, 4) is 0 Å². The van der Waals surface area contributed by atoms with Crippen LogP contribution >= 0.6 is 27.7 Å². The molecule has 0 aliphatic rings. The highest BCUT2D eigenvalue weighted by molar-refractivity contribution is 9.10. The summed E-state index contributed by atoms with van der Waals surface area (Å²) in [5, 5.41) is 0.947. The third kappa shape index (κ3) is 1.46. The summed E-state index contributed by atoms with van der Waals surface area (Å²) in [5.41, 5.74) is 2.04. The van der Waals surface area contributed by atoms with Crippen LogP contribution in [0.3, 0.4) is 0 Å². The zero-order valence-corrected chi connectivity index (χ0v) is 9.69. The maximum atomic E-state index is 4.33. The van der Waals surface area contributed by atoms with Crippen molar-refractivity contribution in [2.75, 3.05) is 6.26 Å². The zero-order chi connectivity index (χ0) is 9.42. The predicted molar refractivity (Wildman–Crippen MR) is 57.2 cm³/mol. The van der Waals surface area contributed by atoms with Crippen molar-refractivity contribution in [3.63, 3.8) is 0 Å². The Kier molecular flexibility index (Phi) is 2.29. The molecule has 0 saturated heterocycles. The van der Waals surface area contributed by atoms with E-state index < -0.39 is 0 Å². The van der Waals surface area contributed by atoms with Gasteiger partial charge in [-0.3, -0.25) is 4.40 Å². The SMILES string of the molecule is CSc1nc(Br)cn2c(C)cnc12. The summed E-state index contributed by atoms with van der Waals surface area (Å²) in [4.78, 5) is 8.62. The molecule has 2 rings (SSSR count). The Morgan fingerprint density at radius 3 is 3.00 bits per heavy atom. The van der Waals surface area contributed by atoms with Crippen LogP contribution in [-0.4, -0.2) is 20.6 Å². The molecule has 0 N–H and O–H groups in total. The van der Waals surface area contributed by atoms with E-state index in [1.54, 1.807) is 11.8 Å². The number of aryl methyl sites for hydroxylation is 1. The van der Waals surface area contributed by atoms with Gasteiger partial charge in [0.1, 0.15) is 9.63 Å². The summed E-state index contributed by atoms with van der Waals surface area (Å²) < 4.78 is 2.87. The van der Waals surface area contributed by atoms with Gasteiger partial charge < -0.3 is 0 Å². The van der Waals surface area contributed by atoms with Crippen molar-refractivity contribution >= 4 is 33.3 Å². The summed E-state index contributed by atoms with van der Waals surface area (Å²) in [6.07, 6.45) is 5.78. The number of hydrogen-bond donors (Lipinski definition) is 0. The smallest absolute Gasteiger partial charge is 0.169 e. The van der Waals surface area contributed by atoms with Gasteiger partial charge in [0.15, 0.2) is 5.65 Å². The Bertz CT molecular complexity index is 452. The molecule has 0 fully saturated rings. The molecule has 0 spiro atoms. The van der Waals surface area contributed by atoms with Crippen molar-refractivity contribution in [1.29, 1.82) is 0 Å². The largest absolute Gasteiger partial charge is 0.299 e. The van der Waals surface area contributed by atoms with Crippen LogP contribution in [0.1, 0.15) is 5.69 Å². The fourth-order valence-electron chi connectivity index (χ4n) is 1.19. The van der Waals surface area contributed by atoms with Gasteiger partial charge in [0.05, 0.1) is 0 Å². The number of fused-ring (bicyclic) bond motifs is 1. The molecular formula is C8H8BrN3S. The van der Waals surface area contributed by atoms with Gasteiger partial charge in [0, 0.05) is 18.1 Å². The van der Waals surface area contributed by atoms with E-state index in [9.17, 15) is 0 Å². The first-order valence-corrected chi connectivity index (χ1v) is 5.78. The normalized spacial score (nSPS) is 11.0. The van der Waals surface area contributed by atoms with E-state index in [0.717, 1.165) is 21.0 Å². The van der Waals surface area contributed by atoms with Gasteiger partial charge in [-0.2, -0.15) is 0 Å². The Labute approximate surface area is 88.7 Å². The summed E-state index contributed by atoms with van der Waals surface area (Å²) in [5.74, 6) is 0. The van der Waals surface area contributed by atoms with E-state index in [2.05, 4.69) is 25.9 Å². The van der Waals surface area contributed by atoms with Crippen molar-refractivity contribution in [2.24, 2.45) is 0 Å². The Balaban J connectivity index is 2.84. The zero-order valence-electron chi connectivity index (χ0n) is 7.28. The molecule has 0 aliphatic heterocycles. The van der Waals surface area contributed by atoms with Crippen LogP contribution in [0.2, 0.25) is 0 Å². The summed E-state index contributed by atoms with van der Waals surface area (Å²) in [7, 11) is 0. The molecule has 68 valence electrons. The number of aromatic nitrogens is 3. The molecule has 0 amide bonds. The molecule has 2 aromatic rings. The molecule has 3 nitrogen and oxygen atoms in total. The monoisotopic (exact) mass is 257 g/mol. The molecule has 5 heteroatoms. The predicted octanol–water partition coefficient (Wildman–Crippen LogP) is 2.52. The van der Waals surface area contributed by atoms with Crippen LogP contribution in [0.4, 0.5) is 0 Å². The van der Waals surface area contributed by atoms with Gasteiger partial charge in [0.25, 0.3) is 0 Å². The van der Waals surface area contributed by atoms with Crippen LogP contribution in [0.25, 0.3) is 5.65 Å². The quantitative estimate of drug-likeness (QED) is 0.736. The number of thioether (sulfide) groups is 1. The maximum Gasteiger partial charge on any atom is 0.169 e. The number of nitrogens with zero attached hydrogens (tertiary/aromatic N) is 3. The third-order valence-electron chi connectivity index (χ3n) is 1.81. The molecule has 0 aromatic carbocycles. The summed E-state index contributed by atoms with van der Waals surface area (Å²) in [6.45, 7) is 2.02. The summed E-state index contributed by atoms with van der Waals surface area (Å²) in [6, 6.07) is 0. The Morgan fingerprint density at radius 1 is 1.54 bits per heavy atom. The highest BCUT2D eigenvalue weighted by atomic mass is 79.9. The van der Waals surface area contributed by atoms with E-state index in [4.69, 9.17) is 0 Å². The average Bonchev–Trinajstić information content (AvgIpc) is 2.47. The fraction of sp³-hybridized carbons (Fsp3) is 0.250. The van der Waals surface area contributed by atoms with Crippen LogP contribution in [0, 0.1) is 6.92 Å². The third-order valence-corrected chi connectivity index (χ3v) is 2.85. The van der Waals surface area contributed by atoms with E-state index in [1.165, 1.54) is 0 Å². The second-order valence-electron chi connectivity index (χ2n) is 2.67. The van der Waals surface area contributed by atoms with Gasteiger partial charge in [0.2, 0.25) is 0 Å². The highest BCUT2D eigenvalue weighted by Crippen LogP contribution is 2.21. The lowest BCUT2D eigenvalue weighted by Gasteiger charge is -2.01. The molecule has 2 aromatic heterocycles. The van der Waals surface area contributed by atoms with Crippen LogP contribution in [-0.2, 0) is 0 Å². The molecule has 13 heavy (non-hydrogen) atoms. The van der Waals surface area contributed by atoms with Gasteiger partial charge in [-0.05, 0) is 29.1 Å². The van der Waals surface area contributed by atoms with E-state index in [0.29, 0.717) is 0 Å². The van der Waals surface area contributed by atoms with Crippen LogP contribution in [0.5, 0.6) is 0 Å². The first-order valence-electron chi connectivity index (χ1n) is 3.76. The van der Waals surface area contributed by atoms with Gasteiger partial charge >= 0.3 is 0 Å². The molecule has 0 radical (unpaired) electrons. The molecule has 0 bridgehead atoms. The number of imidazole rings is 1. The standard InChI is InChI=1S/C8H8BrN3S/c1-5-3-10-7-8(13-2)11-6(9)4-12(5)7/h3-4H,1-2H3. The summed E-state index contributed by atoms with van der Waals surface area (Å²) >= 11 is 4.97. The second kappa shape index (κ2) is 3.31. The van der Waals surface area contributed by atoms with E-state index in [-0.39, 0.29) is 0 Å². The Morgan fingerprint density at radius 2 is 2.31 bits per heavy atom. The number of hydrogen-bond acceptors (Lipinski definition) is 3. The van der Waals surface area contributed by atoms with E-state index >= 15 is 0 Å². The van der Waals surface area contributed by atoms with Crippen molar-refractivity contribution in [3.05, 3.63) is 22.7 Å². The van der Waals surface area contributed by atoms with Crippen molar-refractivity contribution in [2.45, 2.75) is 11.9 Å². The molecule has 0 unspecified atom stereocenters. The number of halogens is 1. The van der Waals surface area contributed by atoms with Crippen LogP contribution in [0.15, 0.2) is 22.0 Å². The molecular weight excluding hydrogens is 250 g/mol. The van der Waals surface area contributed by atoms with Crippen LogP contribution < -0.4 is 0 Å². The fourth-order valence-corrected chi connectivity index (χ4v) is 2.21. The van der Waals surface area contributed by atoms with Gasteiger partial charge in [-0.25, -0.2) is 9.97 Å². The lowest BCUT2D eigenvalue weighted by Crippen LogP contribution is -1.92. The lowest BCUT2D eigenvalue weighted by atomic mass is 10.5. The topological polar surface area (TPSA) is 30.2 Å². The minimum atomic E-state index is 0.838. The molecule has 0 aliphatic carbocycles. The average molecular weight is 258 g/mol. The highest BCUT2D eigenvalue weighted by Gasteiger charge is 2.06. The van der Waals surface area contributed by atoms with Crippen molar-refractivity contribution in [1.82, 2.24) is 14.4 Å². The Hall–Kier alpha value is -0.550. The minimum absolute atomic E-state index is 0.838. The lowest BCUT2D eigenvalue weighted by molar-refractivity contribution is 0.987. The first kappa shape index (κ1) is 9.02. The molecule has 0 atom stereocenters. The molecule has 0 saturated carbocycles.